The fraction of sp³-hybridized carbons (Fsp3) is 0.214. The Morgan fingerprint density at radius 3 is 2.74 bits per heavy atom. The Bertz CT molecular complexity index is 617. The number of rotatable bonds is 5. The molecule has 0 aliphatic rings. The van der Waals surface area contributed by atoms with Crippen molar-refractivity contribution >= 4 is 11.6 Å². The lowest BCUT2D eigenvalue weighted by Gasteiger charge is -2.04. The molecule has 0 saturated heterocycles. The number of hydrogen-bond donors (Lipinski definition) is 0. The third-order valence-corrected chi connectivity index (χ3v) is 2.78. The Morgan fingerprint density at radius 2 is 2.11 bits per heavy atom. The Balaban J connectivity index is 2.13. The van der Waals surface area contributed by atoms with Crippen molar-refractivity contribution in [1.82, 2.24) is 9.55 Å². The van der Waals surface area contributed by atoms with Crippen molar-refractivity contribution in [3.63, 3.8) is 0 Å². The van der Waals surface area contributed by atoms with E-state index >= 15 is 0 Å². The van der Waals surface area contributed by atoms with Crippen LogP contribution in [0.3, 0.4) is 0 Å². The zero-order valence-corrected chi connectivity index (χ0v) is 10.8. The highest BCUT2D eigenvalue weighted by Crippen LogP contribution is 2.15. The van der Waals surface area contributed by atoms with Gasteiger partial charge in [0.2, 0.25) is 5.78 Å². The molecule has 0 atom stereocenters. The number of carbonyl (C=O) groups is 2. The summed E-state index contributed by atoms with van der Waals surface area (Å²) >= 11 is 0. The van der Waals surface area contributed by atoms with Gasteiger partial charge >= 0.3 is 0 Å². The molecule has 19 heavy (non-hydrogen) atoms. The van der Waals surface area contributed by atoms with Crippen molar-refractivity contribution in [1.29, 1.82) is 0 Å². The molecule has 2 rings (SSSR count). The van der Waals surface area contributed by atoms with Gasteiger partial charge in [-0.1, -0.05) is 12.1 Å². The second-order valence-corrected chi connectivity index (χ2v) is 4.12. The van der Waals surface area contributed by atoms with Crippen LogP contribution in [0, 0.1) is 0 Å². The molecule has 5 nitrogen and oxygen atoms in total. The van der Waals surface area contributed by atoms with Crippen LogP contribution in [0.2, 0.25) is 0 Å². The fourth-order valence-electron chi connectivity index (χ4n) is 1.76. The van der Waals surface area contributed by atoms with E-state index in [-0.39, 0.29) is 23.8 Å². The molecule has 0 bridgehead atoms. The molecule has 0 amide bonds. The van der Waals surface area contributed by atoms with Gasteiger partial charge in [-0.05, 0) is 12.1 Å². The topological polar surface area (TPSA) is 61.2 Å². The van der Waals surface area contributed by atoms with E-state index < -0.39 is 0 Å². The monoisotopic (exact) mass is 258 g/mol. The summed E-state index contributed by atoms with van der Waals surface area (Å²) < 4.78 is 6.65. The second kappa shape index (κ2) is 5.48. The van der Waals surface area contributed by atoms with E-state index in [4.69, 9.17) is 4.74 Å². The van der Waals surface area contributed by atoms with Gasteiger partial charge in [0.1, 0.15) is 5.75 Å². The molecule has 0 N–H and O–H groups in total. The number of methoxy groups -OCH3 is 1. The number of Topliss-reactive ketones (excluding diaryl/α,β-unsaturated/α-hetero) is 2. The number of ketones is 2. The molecule has 1 aromatic heterocycles. The van der Waals surface area contributed by atoms with Gasteiger partial charge in [-0.3, -0.25) is 9.59 Å². The number of imidazole rings is 1. The molecule has 2 aromatic rings. The Hall–Kier alpha value is -2.43. The van der Waals surface area contributed by atoms with E-state index in [0.29, 0.717) is 11.3 Å². The maximum Gasteiger partial charge on any atom is 0.205 e. The van der Waals surface area contributed by atoms with Crippen molar-refractivity contribution in [2.75, 3.05) is 7.11 Å². The van der Waals surface area contributed by atoms with Crippen molar-refractivity contribution in [3.05, 3.63) is 48.0 Å². The van der Waals surface area contributed by atoms with Crippen LogP contribution in [-0.2, 0) is 7.05 Å². The minimum absolute atomic E-state index is 0.196. The average molecular weight is 258 g/mol. The van der Waals surface area contributed by atoms with E-state index in [9.17, 15) is 9.59 Å². The molecule has 0 aliphatic carbocycles. The highest BCUT2D eigenvalue weighted by Gasteiger charge is 2.17. The Labute approximate surface area is 110 Å². The average Bonchev–Trinajstić information content (AvgIpc) is 2.85. The molecule has 0 saturated carbocycles. The number of ether oxygens (including phenoxy) is 1. The predicted octanol–water partition coefficient (Wildman–Crippen LogP) is 1.88. The third kappa shape index (κ3) is 2.88. The zero-order chi connectivity index (χ0) is 13.8. The lowest BCUT2D eigenvalue weighted by Crippen LogP contribution is -2.13. The van der Waals surface area contributed by atoms with Crippen molar-refractivity contribution in [2.24, 2.45) is 7.05 Å². The van der Waals surface area contributed by atoms with E-state index in [1.807, 2.05) is 0 Å². The van der Waals surface area contributed by atoms with Gasteiger partial charge in [-0.2, -0.15) is 0 Å². The van der Waals surface area contributed by atoms with E-state index in [1.165, 1.54) is 13.3 Å². The van der Waals surface area contributed by atoms with Crippen LogP contribution < -0.4 is 4.74 Å². The van der Waals surface area contributed by atoms with Gasteiger partial charge < -0.3 is 9.30 Å². The highest BCUT2D eigenvalue weighted by molar-refractivity contribution is 6.12. The fourth-order valence-corrected chi connectivity index (χ4v) is 1.76. The van der Waals surface area contributed by atoms with E-state index in [0.717, 1.165) is 0 Å². The van der Waals surface area contributed by atoms with Crippen molar-refractivity contribution < 1.29 is 14.3 Å². The largest absolute Gasteiger partial charge is 0.497 e. The SMILES string of the molecule is COc1cccc(C(=O)CC(=O)c2nccn2C)c1. The van der Waals surface area contributed by atoms with Crippen LogP contribution in [0.4, 0.5) is 0 Å². The molecular formula is C14H14N2O3. The summed E-state index contributed by atoms with van der Waals surface area (Å²) in [4.78, 5) is 27.9. The number of nitrogens with zero attached hydrogens (tertiary/aromatic N) is 2. The van der Waals surface area contributed by atoms with Gasteiger partial charge in [-0.25, -0.2) is 4.98 Å². The lowest BCUT2D eigenvalue weighted by molar-refractivity contribution is 0.0886. The van der Waals surface area contributed by atoms with E-state index in [1.54, 1.807) is 42.1 Å². The molecule has 0 radical (unpaired) electrons. The first-order valence-corrected chi connectivity index (χ1v) is 5.79. The van der Waals surface area contributed by atoms with Crippen molar-refractivity contribution in [2.45, 2.75) is 6.42 Å². The van der Waals surface area contributed by atoms with Gasteiger partial charge in [0.25, 0.3) is 0 Å². The minimum Gasteiger partial charge on any atom is -0.497 e. The van der Waals surface area contributed by atoms with Crippen LogP contribution in [-0.4, -0.2) is 28.2 Å². The van der Waals surface area contributed by atoms with Crippen LogP contribution in [0.25, 0.3) is 0 Å². The Morgan fingerprint density at radius 1 is 1.32 bits per heavy atom. The maximum atomic E-state index is 12.0. The van der Waals surface area contributed by atoms with Gasteiger partial charge in [-0.15, -0.1) is 0 Å². The number of carbonyl (C=O) groups excluding carboxylic acids is 2. The quantitative estimate of drug-likeness (QED) is 0.607. The maximum absolute atomic E-state index is 12.0. The first kappa shape index (κ1) is 13.0. The summed E-state index contributed by atoms with van der Waals surface area (Å²) in [5, 5.41) is 0. The third-order valence-electron chi connectivity index (χ3n) is 2.78. The molecule has 1 heterocycles. The van der Waals surface area contributed by atoms with Crippen molar-refractivity contribution in [3.8, 4) is 5.75 Å². The number of benzene rings is 1. The summed E-state index contributed by atoms with van der Waals surface area (Å²) in [5.41, 5.74) is 0.460. The molecule has 1 aromatic carbocycles. The summed E-state index contributed by atoms with van der Waals surface area (Å²) in [5.74, 6) is 0.346. The molecule has 0 unspecified atom stereocenters. The smallest absolute Gasteiger partial charge is 0.205 e. The molecule has 98 valence electrons. The molecule has 0 aliphatic heterocycles. The zero-order valence-electron chi connectivity index (χ0n) is 10.8. The number of aryl methyl sites for hydroxylation is 1. The van der Waals surface area contributed by atoms with Crippen LogP contribution >= 0.6 is 0 Å². The second-order valence-electron chi connectivity index (χ2n) is 4.12. The first-order chi connectivity index (χ1) is 9.11. The summed E-state index contributed by atoms with van der Waals surface area (Å²) in [7, 11) is 3.25. The lowest BCUT2D eigenvalue weighted by atomic mass is 10.1. The molecular weight excluding hydrogens is 244 g/mol. The van der Waals surface area contributed by atoms with Crippen LogP contribution in [0.15, 0.2) is 36.7 Å². The van der Waals surface area contributed by atoms with E-state index in [2.05, 4.69) is 4.98 Å². The van der Waals surface area contributed by atoms with Crippen LogP contribution in [0.1, 0.15) is 27.4 Å². The summed E-state index contributed by atoms with van der Waals surface area (Å²) in [6.45, 7) is 0. The van der Waals surface area contributed by atoms with Gasteiger partial charge in [0.15, 0.2) is 11.6 Å². The molecule has 0 spiro atoms. The van der Waals surface area contributed by atoms with Gasteiger partial charge in [0, 0.05) is 25.0 Å². The molecule has 0 fully saturated rings. The molecule has 5 heteroatoms. The Kier molecular flexibility index (Phi) is 3.75. The predicted molar refractivity (Wildman–Crippen MR) is 69.5 cm³/mol. The normalized spacial score (nSPS) is 10.2. The number of aromatic nitrogens is 2. The summed E-state index contributed by atoms with van der Waals surface area (Å²) in [6, 6.07) is 6.75. The first-order valence-electron chi connectivity index (χ1n) is 5.79. The van der Waals surface area contributed by atoms with Gasteiger partial charge in [0.05, 0.1) is 13.5 Å². The summed E-state index contributed by atoms with van der Waals surface area (Å²) in [6.07, 6.45) is 3.00. The van der Waals surface area contributed by atoms with Crippen LogP contribution in [0.5, 0.6) is 5.75 Å². The minimum atomic E-state index is -0.291. The standard InChI is InChI=1S/C14H14N2O3/c1-16-7-6-15-14(16)13(18)9-12(17)10-4-3-5-11(8-10)19-2/h3-8H,9H2,1-2H3. The number of hydrogen-bond acceptors (Lipinski definition) is 4. The highest BCUT2D eigenvalue weighted by atomic mass is 16.5.